The number of carbonyl (C=O) groups excluding carboxylic acids is 1. The van der Waals surface area contributed by atoms with Crippen molar-refractivity contribution < 1.29 is 14.3 Å². The molecule has 3 aromatic rings. The Bertz CT molecular complexity index is 902. The fourth-order valence-electron chi connectivity index (χ4n) is 2.48. The Morgan fingerprint density at radius 2 is 1.81 bits per heavy atom. The van der Waals surface area contributed by atoms with E-state index in [-0.39, 0.29) is 5.91 Å². The second-order valence-corrected chi connectivity index (χ2v) is 5.93. The molecule has 26 heavy (non-hydrogen) atoms. The van der Waals surface area contributed by atoms with Gasteiger partial charge in [0.25, 0.3) is 5.91 Å². The van der Waals surface area contributed by atoms with E-state index in [0.29, 0.717) is 34.4 Å². The van der Waals surface area contributed by atoms with Crippen LogP contribution in [0.25, 0.3) is 0 Å². The zero-order chi connectivity index (χ0) is 18.5. The minimum absolute atomic E-state index is 0.289. The molecule has 0 fully saturated rings. The van der Waals surface area contributed by atoms with Crippen molar-refractivity contribution in [2.45, 2.75) is 6.54 Å². The molecular weight excluding hydrogens is 354 g/mol. The summed E-state index contributed by atoms with van der Waals surface area (Å²) in [6, 6.07) is 14.2. The maximum atomic E-state index is 12.6. The van der Waals surface area contributed by atoms with Gasteiger partial charge in [0.15, 0.2) is 0 Å². The van der Waals surface area contributed by atoms with Gasteiger partial charge in [-0.2, -0.15) is 5.10 Å². The molecule has 0 radical (unpaired) electrons. The predicted octanol–water partition coefficient (Wildman–Crippen LogP) is 3.85. The number of rotatable bonds is 6. The van der Waals surface area contributed by atoms with E-state index in [1.54, 1.807) is 35.1 Å². The van der Waals surface area contributed by atoms with E-state index in [1.807, 2.05) is 24.3 Å². The summed E-state index contributed by atoms with van der Waals surface area (Å²) in [6.45, 7) is 0.448. The Morgan fingerprint density at radius 3 is 2.46 bits per heavy atom. The van der Waals surface area contributed by atoms with Gasteiger partial charge in [-0.3, -0.25) is 4.79 Å². The van der Waals surface area contributed by atoms with Gasteiger partial charge in [-0.1, -0.05) is 29.8 Å². The first-order valence-corrected chi connectivity index (χ1v) is 8.28. The normalized spacial score (nSPS) is 10.4. The molecule has 0 aliphatic heterocycles. The zero-order valence-corrected chi connectivity index (χ0v) is 15.2. The van der Waals surface area contributed by atoms with Gasteiger partial charge in [-0.25, -0.2) is 4.68 Å². The smallest absolute Gasteiger partial charge is 0.257 e. The summed E-state index contributed by atoms with van der Waals surface area (Å²) >= 11 is 6.21. The van der Waals surface area contributed by atoms with Crippen molar-refractivity contribution in [3.8, 4) is 11.5 Å². The molecule has 0 aliphatic carbocycles. The number of benzene rings is 2. The maximum Gasteiger partial charge on any atom is 0.257 e. The number of nitrogens with one attached hydrogen (secondary N) is 1. The van der Waals surface area contributed by atoms with E-state index in [2.05, 4.69) is 10.4 Å². The van der Waals surface area contributed by atoms with Crippen molar-refractivity contribution in [2.75, 3.05) is 19.5 Å². The van der Waals surface area contributed by atoms with Crippen molar-refractivity contribution in [3.05, 3.63) is 70.9 Å². The van der Waals surface area contributed by atoms with E-state index in [0.717, 1.165) is 5.56 Å². The summed E-state index contributed by atoms with van der Waals surface area (Å²) in [4.78, 5) is 12.6. The first kappa shape index (κ1) is 17.8. The quantitative estimate of drug-likeness (QED) is 0.714. The molecule has 2 aromatic carbocycles. The van der Waals surface area contributed by atoms with Crippen LogP contribution in [0.4, 0.5) is 5.82 Å². The molecule has 0 saturated carbocycles. The molecule has 3 rings (SSSR count). The minimum Gasteiger partial charge on any atom is -0.497 e. The molecule has 0 bridgehead atoms. The Labute approximate surface area is 156 Å². The van der Waals surface area contributed by atoms with Crippen LogP contribution in [0.3, 0.4) is 0 Å². The fraction of sp³-hybridized carbons (Fsp3) is 0.158. The minimum atomic E-state index is -0.289. The molecule has 0 unspecified atom stereocenters. The molecule has 0 aliphatic rings. The monoisotopic (exact) mass is 371 g/mol. The van der Waals surface area contributed by atoms with Crippen LogP contribution in [-0.2, 0) is 6.54 Å². The van der Waals surface area contributed by atoms with Crippen LogP contribution in [0.15, 0.2) is 54.7 Å². The van der Waals surface area contributed by atoms with Gasteiger partial charge < -0.3 is 14.8 Å². The number of methoxy groups -OCH3 is 2. The highest BCUT2D eigenvalue weighted by Crippen LogP contribution is 2.23. The molecule has 0 saturated heterocycles. The lowest BCUT2D eigenvalue weighted by atomic mass is 10.2. The lowest BCUT2D eigenvalue weighted by Gasteiger charge is -2.11. The Balaban J connectivity index is 1.81. The Morgan fingerprint density at radius 1 is 1.12 bits per heavy atom. The largest absolute Gasteiger partial charge is 0.497 e. The van der Waals surface area contributed by atoms with Crippen molar-refractivity contribution >= 4 is 23.3 Å². The number of halogens is 1. The van der Waals surface area contributed by atoms with Crippen LogP contribution in [-0.4, -0.2) is 29.9 Å². The molecule has 6 nitrogen and oxygen atoms in total. The van der Waals surface area contributed by atoms with Crippen LogP contribution >= 0.6 is 11.6 Å². The Hall–Kier alpha value is -2.99. The molecule has 1 amide bonds. The number of nitrogens with zero attached hydrogens (tertiary/aromatic N) is 2. The highest BCUT2D eigenvalue weighted by molar-refractivity contribution is 6.31. The number of aromatic nitrogens is 2. The number of amides is 1. The first-order valence-electron chi connectivity index (χ1n) is 7.90. The molecule has 7 heteroatoms. The highest BCUT2D eigenvalue weighted by Gasteiger charge is 2.13. The molecule has 1 aromatic heterocycles. The van der Waals surface area contributed by atoms with Crippen molar-refractivity contribution in [2.24, 2.45) is 0 Å². The molecule has 134 valence electrons. The first-order chi connectivity index (χ1) is 12.6. The van der Waals surface area contributed by atoms with E-state index in [1.165, 1.54) is 14.2 Å². The molecule has 1 heterocycles. The molecular formula is C19H18ClN3O3. The van der Waals surface area contributed by atoms with Gasteiger partial charge in [0.05, 0.1) is 27.0 Å². The van der Waals surface area contributed by atoms with Crippen LogP contribution < -0.4 is 14.8 Å². The summed E-state index contributed by atoms with van der Waals surface area (Å²) in [5.74, 6) is 1.36. The van der Waals surface area contributed by atoms with Gasteiger partial charge in [0.1, 0.15) is 17.3 Å². The van der Waals surface area contributed by atoms with Crippen molar-refractivity contribution in [3.63, 3.8) is 0 Å². The summed E-state index contributed by atoms with van der Waals surface area (Å²) in [5, 5.41) is 7.77. The second-order valence-electron chi connectivity index (χ2n) is 5.52. The van der Waals surface area contributed by atoms with Gasteiger partial charge in [-0.15, -0.1) is 0 Å². The second kappa shape index (κ2) is 7.93. The number of hydrogen-bond donors (Lipinski definition) is 1. The van der Waals surface area contributed by atoms with Crippen LogP contribution in [0.1, 0.15) is 15.9 Å². The third kappa shape index (κ3) is 3.97. The topological polar surface area (TPSA) is 65.4 Å². The van der Waals surface area contributed by atoms with E-state index >= 15 is 0 Å². The third-order valence-electron chi connectivity index (χ3n) is 3.85. The number of hydrogen-bond acceptors (Lipinski definition) is 4. The van der Waals surface area contributed by atoms with Gasteiger partial charge in [0.2, 0.25) is 0 Å². The highest BCUT2D eigenvalue weighted by atomic mass is 35.5. The molecule has 0 spiro atoms. The standard InChI is InChI=1S/C19H18ClN3O3/c1-25-15-9-14(10-16(11-15)26-2)19(24)22-18-7-8-21-23(18)12-13-5-3-4-6-17(13)20/h3-11H,12H2,1-2H3,(H,22,24). The lowest BCUT2D eigenvalue weighted by Crippen LogP contribution is -2.16. The predicted molar refractivity (Wildman–Crippen MR) is 100 cm³/mol. The number of anilines is 1. The van der Waals surface area contributed by atoms with Gasteiger partial charge >= 0.3 is 0 Å². The van der Waals surface area contributed by atoms with Crippen molar-refractivity contribution in [1.82, 2.24) is 9.78 Å². The average Bonchev–Trinajstić information content (AvgIpc) is 3.09. The van der Waals surface area contributed by atoms with E-state index in [9.17, 15) is 4.79 Å². The molecule has 1 N–H and O–H groups in total. The summed E-state index contributed by atoms with van der Waals surface area (Å²) in [5.41, 5.74) is 1.34. The van der Waals surface area contributed by atoms with Crippen LogP contribution in [0.2, 0.25) is 5.02 Å². The SMILES string of the molecule is COc1cc(OC)cc(C(=O)Nc2ccnn2Cc2ccccc2Cl)c1. The number of carbonyl (C=O) groups is 1. The summed E-state index contributed by atoms with van der Waals surface area (Å²) in [6.07, 6.45) is 1.62. The van der Waals surface area contributed by atoms with Crippen LogP contribution in [0, 0.1) is 0 Å². The fourth-order valence-corrected chi connectivity index (χ4v) is 2.68. The third-order valence-corrected chi connectivity index (χ3v) is 4.22. The van der Waals surface area contributed by atoms with Crippen LogP contribution in [0.5, 0.6) is 11.5 Å². The lowest BCUT2D eigenvalue weighted by molar-refractivity contribution is 0.102. The van der Waals surface area contributed by atoms with Gasteiger partial charge in [-0.05, 0) is 23.8 Å². The molecule has 0 atom stereocenters. The zero-order valence-electron chi connectivity index (χ0n) is 14.4. The van der Waals surface area contributed by atoms with Crippen molar-refractivity contribution in [1.29, 1.82) is 0 Å². The average molecular weight is 372 g/mol. The number of ether oxygens (including phenoxy) is 2. The Kier molecular flexibility index (Phi) is 5.43. The maximum absolute atomic E-state index is 12.6. The van der Waals surface area contributed by atoms with E-state index in [4.69, 9.17) is 21.1 Å². The summed E-state index contributed by atoms with van der Waals surface area (Å²) < 4.78 is 12.1. The van der Waals surface area contributed by atoms with Gasteiger partial charge in [0, 0.05) is 22.7 Å². The summed E-state index contributed by atoms with van der Waals surface area (Å²) in [7, 11) is 3.07. The van der Waals surface area contributed by atoms with E-state index < -0.39 is 0 Å².